The SMILES string of the molecule is COc1ccc(N(CC(=O)N(Cc2cccc(Br)c2)[C@H](C)C(=O)NCC(C)C)S(=O)(=O)c2ccc(C)c([N+](=O)[O-])c2)cc1. The highest BCUT2D eigenvalue weighted by Crippen LogP contribution is 2.29. The summed E-state index contributed by atoms with van der Waals surface area (Å²) in [4.78, 5) is 39.0. The molecule has 0 bridgehead atoms. The Balaban J connectivity index is 2.08. The monoisotopic (exact) mass is 674 g/mol. The third-order valence-electron chi connectivity index (χ3n) is 6.70. The van der Waals surface area contributed by atoms with Crippen LogP contribution < -0.4 is 14.4 Å². The lowest BCUT2D eigenvalue weighted by Gasteiger charge is -2.32. The van der Waals surface area contributed by atoms with Crippen molar-refractivity contribution >= 4 is 49.1 Å². The minimum absolute atomic E-state index is 0.0288. The van der Waals surface area contributed by atoms with E-state index < -0.39 is 33.4 Å². The predicted molar refractivity (Wildman–Crippen MR) is 167 cm³/mol. The largest absolute Gasteiger partial charge is 0.497 e. The first-order chi connectivity index (χ1) is 20.2. The first-order valence-electron chi connectivity index (χ1n) is 13.5. The van der Waals surface area contributed by atoms with Gasteiger partial charge in [0, 0.05) is 29.2 Å². The fraction of sp³-hybridized carbons (Fsp3) is 0.333. The van der Waals surface area contributed by atoms with Crippen molar-refractivity contribution in [2.75, 3.05) is 24.5 Å². The van der Waals surface area contributed by atoms with E-state index in [9.17, 15) is 28.1 Å². The lowest BCUT2D eigenvalue weighted by Crippen LogP contribution is -2.51. The number of nitro groups is 1. The molecule has 0 aliphatic heterocycles. The van der Waals surface area contributed by atoms with E-state index in [0.717, 1.165) is 20.4 Å². The van der Waals surface area contributed by atoms with Crippen LogP contribution in [0.5, 0.6) is 5.75 Å². The number of amides is 2. The Hall–Kier alpha value is -3.97. The summed E-state index contributed by atoms with van der Waals surface area (Å²) < 4.78 is 34.9. The normalized spacial score (nSPS) is 12.0. The van der Waals surface area contributed by atoms with Crippen molar-refractivity contribution < 1.29 is 27.7 Å². The fourth-order valence-electron chi connectivity index (χ4n) is 4.22. The summed E-state index contributed by atoms with van der Waals surface area (Å²) in [6.45, 7) is 6.74. The van der Waals surface area contributed by atoms with Crippen molar-refractivity contribution in [3.63, 3.8) is 0 Å². The molecular formula is C30H35BrN4O7S. The number of hydrogen-bond donors (Lipinski definition) is 1. The van der Waals surface area contributed by atoms with Gasteiger partial charge in [0.25, 0.3) is 15.7 Å². The minimum Gasteiger partial charge on any atom is -0.497 e. The lowest BCUT2D eigenvalue weighted by atomic mass is 10.1. The fourth-order valence-corrected chi connectivity index (χ4v) is 6.10. The Morgan fingerprint density at radius 1 is 1.05 bits per heavy atom. The second-order valence-electron chi connectivity index (χ2n) is 10.4. The van der Waals surface area contributed by atoms with Crippen molar-refractivity contribution in [1.29, 1.82) is 0 Å². The number of aryl methyl sites for hydroxylation is 1. The van der Waals surface area contributed by atoms with Gasteiger partial charge in [0.15, 0.2) is 0 Å². The van der Waals surface area contributed by atoms with E-state index in [1.54, 1.807) is 31.2 Å². The second-order valence-corrected chi connectivity index (χ2v) is 13.2. The third-order valence-corrected chi connectivity index (χ3v) is 8.96. The predicted octanol–water partition coefficient (Wildman–Crippen LogP) is 5.06. The zero-order chi connectivity index (χ0) is 31.9. The van der Waals surface area contributed by atoms with Gasteiger partial charge in [-0.05, 0) is 67.8 Å². The van der Waals surface area contributed by atoms with Crippen molar-refractivity contribution in [2.24, 2.45) is 5.92 Å². The van der Waals surface area contributed by atoms with Crippen molar-refractivity contribution in [3.05, 3.63) is 92.4 Å². The van der Waals surface area contributed by atoms with E-state index in [0.29, 0.717) is 12.3 Å². The number of carbonyl (C=O) groups excluding carboxylic acids is 2. The topological polar surface area (TPSA) is 139 Å². The van der Waals surface area contributed by atoms with Gasteiger partial charge < -0.3 is 15.0 Å². The van der Waals surface area contributed by atoms with Crippen LogP contribution in [0.3, 0.4) is 0 Å². The number of halogens is 1. The highest BCUT2D eigenvalue weighted by Gasteiger charge is 2.33. The molecule has 0 unspecified atom stereocenters. The van der Waals surface area contributed by atoms with Gasteiger partial charge in [-0.15, -0.1) is 0 Å². The average molecular weight is 676 g/mol. The van der Waals surface area contributed by atoms with Crippen LogP contribution in [0.4, 0.5) is 11.4 Å². The maximum atomic E-state index is 14.0. The number of nitro benzene ring substituents is 1. The van der Waals surface area contributed by atoms with E-state index >= 15 is 0 Å². The number of nitrogens with one attached hydrogen (secondary N) is 1. The van der Waals surface area contributed by atoms with E-state index in [1.165, 1.54) is 43.2 Å². The van der Waals surface area contributed by atoms with Crippen LogP contribution in [-0.2, 0) is 26.2 Å². The van der Waals surface area contributed by atoms with Gasteiger partial charge in [-0.3, -0.25) is 24.0 Å². The van der Waals surface area contributed by atoms with Crippen LogP contribution in [0.1, 0.15) is 31.9 Å². The molecule has 0 aliphatic rings. The summed E-state index contributed by atoms with van der Waals surface area (Å²) in [6, 6.07) is 15.9. The highest BCUT2D eigenvalue weighted by atomic mass is 79.9. The van der Waals surface area contributed by atoms with Gasteiger partial charge in [-0.1, -0.05) is 48.0 Å². The number of hydrogen-bond acceptors (Lipinski definition) is 7. The molecule has 0 saturated carbocycles. The molecular weight excluding hydrogens is 640 g/mol. The number of ether oxygens (including phenoxy) is 1. The van der Waals surface area contributed by atoms with Crippen LogP contribution in [-0.4, -0.2) is 56.3 Å². The minimum atomic E-state index is -4.49. The van der Waals surface area contributed by atoms with Gasteiger partial charge in [0.05, 0.1) is 22.6 Å². The van der Waals surface area contributed by atoms with Crippen LogP contribution in [0, 0.1) is 23.0 Å². The maximum Gasteiger partial charge on any atom is 0.273 e. The lowest BCUT2D eigenvalue weighted by molar-refractivity contribution is -0.385. The number of rotatable bonds is 13. The summed E-state index contributed by atoms with van der Waals surface area (Å²) in [6.07, 6.45) is 0. The third kappa shape index (κ3) is 8.54. The molecule has 0 spiro atoms. The zero-order valence-electron chi connectivity index (χ0n) is 24.6. The van der Waals surface area contributed by atoms with E-state index in [2.05, 4.69) is 21.2 Å². The molecule has 3 aromatic carbocycles. The molecule has 1 atom stereocenters. The second kappa shape index (κ2) is 14.5. The highest BCUT2D eigenvalue weighted by molar-refractivity contribution is 9.10. The van der Waals surface area contributed by atoms with E-state index in [1.807, 2.05) is 26.0 Å². The zero-order valence-corrected chi connectivity index (χ0v) is 27.0. The molecule has 0 aliphatic carbocycles. The van der Waals surface area contributed by atoms with Crippen LogP contribution >= 0.6 is 15.9 Å². The molecule has 230 valence electrons. The molecule has 0 radical (unpaired) electrons. The quantitative estimate of drug-likeness (QED) is 0.197. The van der Waals surface area contributed by atoms with Gasteiger partial charge in [0.2, 0.25) is 11.8 Å². The Morgan fingerprint density at radius 3 is 2.30 bits per heavy atom. The van der Waals surface area contributed by atoms with Crippen molar-refractivity contribution in [3.8, 4) is 5.75 Å². The number of carbonyl (C=O) groups is 2. The molecule has 3 rings (SSSR count). The van der Waals surface area contributed by atoms with Crippen molar-refractivity contribution in [2.45, 2.75) is 45.2 Å². The Kier molecular flexibility index (Phi) is 11.3. The summed E-state index contributed by atoms with van der Waals surface area (Å²) in [5.41, 5.74) is 0.780. The van der Waals surface area contributed by atoms with Gasteiger partial charge in [-0.2, -0.15) is 0 Å². The number of anilines is 1. The molecule has 11 nitrogen and oxygen atoms in total. The number of benzene rings is 3. The molecule has 0 fully saturated rings. The molecule has 3 aromatic rings. The van der Waals surface area contributed by atoms with E-state index in [-0.39, 0.29) is 40.2 Å². The van der Waals surface area contributed by atoms with Gasteiger partial charge in [0.1, 0.15) is 18.3 Å². The summed E-state index contributed by atoms with van der Waals surface area (Å²) >= 11 is 3.42. The molecule has 0 heterocycles. The molecule has 13 heteroatoms. The first kappa shape index (κ1) is 33.5. The number of sulfonamides is 1. The van der Waals surface area contributed by atoms with Crippen LogP contribution in [0.2, 0.25) is 0 Å². The maximum absolute atomic E-state index is 14.0. The van der Waals surface area contributed by atoms with Crippen LogP contribution in [0.15, 0.2) is 76.1 Å². The van der Waals surface area contributed by atoms with Crippen molar-refractivity contribution in [1.82, 2.24) is 10.2 Å². The van der Waals surface area contributed by atoms with E-state index in [4.69, 9.17) is 4.74 Å². The smallest absolute Gasteiger partial charge is 0.273 e. The Morgan fingerprint density at radius 2 is 1.72 bits per heavy atom. The summed E-state index contributed by atoms with van der Waals surface area (Å²) in [7, 11) is -3.03. The first-order valence-corrected chi connectivity index (χ1v) is 15.7. The molecule has 0 aromatic heterocycles. The molecule has 0 saturated heterocycles. The number of methoxy groups -OCH3 is 1. The Bertz CT molecular complexity index is 1580. The van der Waals surface area contributed by atoms with Crippen LogP contribution in [0.25, 0.3) is 0 Å². The summed E-state index contributed by atoms with van der Waals surface area (Å²) in [5, 5.41) is 14.4. The molecule has 43 heavy (non-hydrogen) atoms. The number of nitrogens with zero attached hydrogens (tertiary/aromatic N) is 3. The Labute approximate surface area is 260 Å². The molecule has 1 N–H and O–H groups in total. The average Bonchev–Trinajstić information content (AvgIpc) is 2.96. The van der Waals surface area contributed by atoms with Gasteiger partial charge in [-0.25, -0.2) is 8.42 Å². The van der Waals surface area contributed by atoms with Gasteiger partial charge >= 0.3 is 0 Å². The summed E-state index contributed by atoms with van der Waals surface area (Å²) in [5.74, 6) is -0.386. The molecule has 2 amide bonds. The standard InChI is InChI=1S/C30H35BrN4O7S/c1-20(2)17-32-30(37)22(4)33(18-23-7-6-8-24(31)15-23)29(36)19-34(25-10-12-26(42-5)13-11-25)43(40,41)27-14-9-21(3)28(16-27)35(38)39/h6-16,20,22H,17-19H2,1-5H3,(H,32,37)/t22-/m1/s1.